The average Bonchev–Trinajstić information content (AvgIpc) is 2.17. The van der Waals surface area contributed by atoms with Gasteiger partial charge in [-0.1, -0.05) is 24.3 Å². The van der Waals surface area contributed by atoms with Gasteiger partial charge >= 0.3 is 0 Å². The maximum Gasteiger partial charge on any atom is 0.0316 e. The standard InChI is InChI=1S/C13H14N2.ClH/c14-12-5-1-3-10(8-12)7-11-4-2-6-13(15)9-11;/h1-6,8-9H,7,14-15H2;1H. The van der Waals surface area contributed by atoms with Crippen molar-refractivity contribution in [1.29, 1.82) is 0 Å². The van der Waals surface area contributed by atoms with Crippen molar-refractivity contribution >= 4 is 23.8 Å². The fourth-order valence-electron chi connectivity index (χ4n) is 1.64. The Labute approximate surface area is 102 Å². The Kier molecular flexibility index (Phi) is 4.20. The Balaban J connectivity index is 0.00000128. The van der Waals surface area contributed by atoms with Gasteiger partial charge in [-0.05, 0) is 41.8 Å². The van der Waals surface area contributed by atoms with E-state index in [2.05, 4.69) is 12.1 Å². The molecule has 0 amide bonds. The van der Waals surface area contributed by atoms with E-state index in [-0.39, 0.29) is 12.4 Å². The topological polar surface area (TPSA) is 52.0 Å². The van der Waals surface area contributed by atoms with E-state index in [1.807, 2.05) is 36.4 Å². The lowest BCUT2D eigenvalue weighted by Crippen LogP contribution is -1.92. The van der Waals surface area contributed by atoms with Crippen LogP contribution in [0.4, 0.5) is 11.4 Å². The van der Waals surface area contributed by atoms with Gasteiger partial charge in [-0.2, -0.15) is 0 Å². The van der Waals surface area contributed by atoms with Crippen LogP contribution in [0.15, 0.2) is 48.5 Å². The van der Waals surface area contributed by atoms with Crippen LogP contribution in [-0.2, 0) is 6.42 Å². The third kappa shape index (κ3) is 3.17. The number of nitrogen functional groups attached to an aromatic ring is 2. The fraction of sp³-hybridized carbons (Fsp3) is 0.0769. The zero-order valence-corrected chi connectivity index (χ0v) is 9.71. The van der Waals surface area contributed by atoms with E-state index in [1.54, 1.807) is 0 Å². The molecule has 4 N–H and O–H groups in total. The van der Waals surface area contributed by atoms with Gasteiger partial charge < -0.3 is 11.5 Å². The van der Waals surface area contributed by atoms with Gasteiger partial charge in [0.2, 0.25) is 0 Å². The van der Waals surface area contributed by atoms with Crippen LogP contribution in [0.3, 0.4) is 0 Å². The van der Waals surface area contributed by atoms with Gasteiger partial charge in [-0.3, -0.25) is 0 Å². The van der Waals surface area contributed by atoms with E-state index < -0.39 is 0 Å². The summed E-state index contributed by atoms with van der Waals surface area (Å²) in [5.74, 6) is 0. The summed E-state index contributed by atoms with van der Waals surface area (Å²) < 4.78 is 0. The molecule has 0 aliphatic carbocycles. The van der Waals surface area contributed by atoms with E-state index in [1.165, 1.54) is 11.1 Å². The number of rotatable bonds is 2. The first-order valence-electron chi connectivity index (χ1n) is 4.93. The van der Waals surface area contributed by atoms with Gasteiger partial charge in [0.1, 0.15) is 0 Å². The highest BCUT2D eigenvalue weighted by Gasteiger charge is 1.97. The van der Waals surface area contributed by atoms with Crippen molar-refractivity contribution < 1.29 is 0 Å². The number of hydrogen-bond donors (Lipinski definition) is 2. The molecule has 3 heteroatoms. The van der Waals surface area contributed by atoms with Gasteiger partial charge in [0.25, 0.3) is 0 Å². The van der Waals surface area contributed by atoms with E-state index in [4.69, 9.17) is 11.5 Å². The lowest BCUT2D eigenvalue weighted by atomic mass is 10.0. The van der Waals surface area contributed by atoms with Gasteiger partial charge in [0.15, 0.2) is 0 Å². The first-order chi connectivity index (χ1) is 7.24. The molecular formula is C13H15ClN2. The predicted molar refractivity (Wildman–Crippen MR) is 71.8 cm³/mol. The fourth-order valence-corrected chi connectivity index (χ4v) is 1.64. The Morgan fingerprint density at radius 1 is 0.750 bits per heavy atom. The molecule has 0 heterocycles. The van der Waals surface area contributed by atoms with Gasteiger partial charge in [0, 0.05) is 11.4 Å². The number of nitrogens with two attached hydrogens (primary N) is 2. The van der Waals surface area contributed by atoms with Crippen molar-refractivity contribution in [3.8, 4) is 0 Å². The van der Waals surface area contributed by atoms with Crippen LogP contribution in [0.2, 0.25) is 0 Å². The molecule has 2 aromatic carbocycles. The molecule has 0 spiro atoms. The first kappa shape index (κ1) is 12.4. The monoisotopic (exact) mass is 234 g/mol. The molecule has 2 nitrogen and oxygen atoms in total. The number of hydrogen-bond acceptors (Lipinski definition) is 2. The number of halogens is 1. The molecule has 0 radical (unpaired) electrons. The summed E-state index contributed by atoms with van der Waals surface area (Å²) in [6, 6.07) is 15.8. The smallest absolute Gasteiger partial charge is 0.0316 e. The summed E-state index contributed by atoms with van der Waals surface area (Å²) in [6.07, 6.45) is 0.871. The second kappa shape index (κ2) is 5.42. The van der Waals surface area contributed by atoms with Crippen LogP contribution >= 0.6 is 12.4 Å². The van der Waals surface area contributed by atoms with Crippen molar-refractivity contribution in [2.24, 2.45) is 0 Å². The van der Waals surface area contributed by atoms with Crippen LogP contribution < -0.4 is 11.5 Å². The van der Waals surface area contributed by atoms with Crippen LogP contribution in [0.1, 0.15) is 11.1 Å². The Morgan fingerprint density at radius 2 is 1.19 bits per heavy atom. The quantitative estimate of drug-likeness (QED) is 0.786. The molecule has 0 fully saturated rings. The lowest BCUT2D eigenvalue weighted by molar-refractivity contribution is 1.20. The molecule has 0 aliphatic rings. The molecular weight excluding hydrogens is 220 g/mol. The summed E-state index contributed by atoms with van der Waals surface area (Å²) in [6.45, 7) is 0. The van der Waals surface area contributed by atoms with Crippen molar-refractivity contribution in [2.75, 3.05) is 11.5 Å². The van der Waals surface area contributed by atoms with Crippen molar-refractivity contribution in [2.45, 2.75) is 6.42 Å². The maximum atomic E-state index is 5.72. The second-order valence-electron chi connectivity index (χ2n) is 3.67. The third-order valence-corrected chi connectivity index (χ3v) is 2.31. The molecule has 2 rings (SSSR count). The molecule has 0 aromatic heterocycles. The van der Waals surface area contributed by atoms with E-state index >= 15 is 0 Å². The molecule has 0 saturated heterocycles. The molecule has 0 atom stereocenters. The largest absolute Gasteiger partial charge is 0.399 e. The number of benzene rings is 2. The van der Waals surface area contributed by atoms with Crippen molar-refractivity contribution in [3.63, 3.8) is 0 Å². The summed E-state index contributed by atoms with van der Waals surface area (Å²) in [7, 11) is 0. The second-order valence-corrected chi connectivity index (χ2v) is 3.67. The third-order valence-electron chi connectivity index (χ3n) is 2.31. The zero-order chi connectivity index (χ0) is 10.7. The summed E-state index contributed by atoms with van der Waals surface area (Å²) >= 11 is 0. The minimum absolute atomic E-state index is 0. The normalized spacial score (nSPS) is 9.50. The highest BCUT2D eigenvalue weighted by Crippen LogP contribution is 2.14. The molecule has 0 aliphatic heterocycles. The molecule has 0 bridgehead atoms. The maximum absolute atomic E-state index is 5.72. The average molecular weight is 235 g/mol. The van der Waals surface area contributed by atoms with Crippen molar-refractivity contribution in [3.05, 3.63) is 59.7 Å². The van der Waals surface area contributed by atoms with E-state index in [0.29, 0.717) is 0 Å². The summed E-state index contributed by atoms with van der Waals surface area (Å²) in [5, 5.41) is 0. The predicted octanol–water partition coefficient (Wildman–Crippen LogP) is 2.86. The summed E-state index contributed by atoms with van der Waals surface area (Å²) in [4.78, 5) is 0. The van der Waals surface area contributed by atoms with E-state index in [9.17, 15) is 0 Å². The highest BCUT2D eigenvalue weighted by molar-refractivity contribution is 5.85. The molecule has 16 heavy (non-hydrogen) atoms. The Morgan fingerprint density at radius 3 is 1.56 bits per heavy atom. The van der Waals surface area contributed by atoms with Gasteiger partial charge in [0.05, 0.1) is 0 Å². The minimum Gasteiger partial charge on any atom is -0.399 e. The number of anilines is 2. The van der Waals surface area contributed by atoms with Gasteiger partial charge in [-0.25, -0.2) is 0 Å². The molecule has 84 valence electrons. The molecule has 0 saturated carbocycles. The Bertz CT molecular complexity index is 425. The summed E-state index contributed by atoms with van der Waals surface area (Å²) in [5.41, 5.74) is 15.5. The first-order valence-corrected chi connectivity index (χ1v) is 4.93. The SMILES string of the molecule is Cl.Nc1cccc(Cc2cccc(N)c2)c1. The van der Waals surface area contributed by atoms with Gasteiger partial charge in [-0.15, -0.1) is 12.4 Å². The van der Waals surface area contributed by atoms with E-state index in [0.717, 1.165) is 17.8 Å². The van der Waals surface area contributed by atoms with Crippen LogP contribution in [0, 0.1) is 0 Å². The molecule has 2 aromatic rings. The highest BCUT2D eigenvalue weighted by atomic mass is 35.5. The van der Waals surface area contributed by atoms with Crippen molar-refractivity contribution in [1.82, 2.24) is 0 Å². The molecule has 0 unspecified atom stereocenters. The lowest BCUT2D eigenvalue weighted by Gasteiger charge is -2.03. The Hall–Kier alpha value is -1.67. The van der Waals surface area contributed by atoms with Crippen LogP contribution in [0.5, 0.6) is 0 Å². The van der Waals surface area contributed by atoms with Crippen LogP contribution in [0.25, 0.3) is 0 Å². The van der Waals surface area contributed by atoms with Crippen LogP contribution in [-0.4, -0.2) is 0 Å². The minimum atomic E-state index is 0. The zero-order valence-electron chi connectivity index (χ0n) is 8.89.